The first-order valence-corrected chi connectivity index (χ1v) is 35.2. The molecule has 0 saturated carbocycles. The molecular formula is C34H86HfP2Si4. The van der Waals surface area contributed by atoms with E-state index in [4.69, 9.17) is 0 Å². The molecule has 0 aromatic carbocycles. The van der Waals surface area contributed by atoms with E-state index in [1.807, 2.05) is 0 Å². The smallest absolute Gasteiger partial charge is 0.342 e. The van der Waals surface area contributed by atoms with Crippen molar-refractivity contribution in [2.75, 3.05) is 37.0 Å². The van der Waals surface area contributed by atoms with Gasteiger partial charge in [-0.3, -0.25) is 0 Å². The molecule has 0 atom stereocenters. The summed E-state index contributed by atoms with van der Waals surface area (Å²) >= 11 is 0. The number of hydrogen-bond donors (Lipinski definition) is 0. The Labute approximate surface area is 293 Å². The standard InChI is InChI=1S/2C9H21P.4C4H11Si.Hf/c2*1-4-7-10(8-5-2)9-6-3;4*1-5(2,3)4;/h2*4-9H2,1-3H3;4*1H2,2-4H3;/q;;4*-1;+4. The second kappa shape index (κ2) is 37.1. The average Bonchev–Trinajstić information content (AvgIpc) is 2.65. The molecule has 0 fully saturated rings. The summed E-state index contributed by atoms with van der Waals surface area (Å²) in [7, 11) is -2.57. The molecule has 0 N–H and O–H groups in total. The van der Waals surface area contributed by atoms with Crippen molar-refractivity contribution in [2.24, 2.45) is 0 Å². The van der Waals surface area contributed by atoms with Gasteiger partial charge in [0.1, 0.15) is 0 Å². The van der Waals surface area contributed by atoms with Gasteiger partial charge in [-0.1, -0.05) is 159 Å². The van der Waals surface area contributed by atoms with Crippen LogP contribution in [0.4, 0.5) is 0 Å². The van der Waals surface area contributed by atoms with E-state index in [1.54, 1.807) is 0 Å². The van der Waals surface area contributed by atoms with Crippen molar-refractivity contribution < 1.29 is 25.8 Å². The summed E-state index contributed by atoms with van der Waals surface area (Å²) in [5.41, 5.74) is 0. The SMILES string of the molecule is CCCP(CCC)CCC.CCCP(CCC)CCC.[CH2-][Si](C)(C)C.[CH2-][Si](C)(C)C.[CH2-][Si](C)(C)C.[CH2-][Si](C)(C)C.[Hf+4]. The van der Waals surface area contributed by atoms with E-state index in [0.717, 1.165) is 0 Å². The van der Waals surface area contributed by atoms with Gasteiger partial charge in [0.05, 0.1) is 0 Å². The maximum atomic E-state index is 3.91. The van der Waals surface area contributed by atoms with Crippen LogP contribution < -0.4 is 0 Å². The second-order valence-electron chi connectivity index (χ2n) is 15.9. The molecule has 0 spiro atoms. The molecule has 0 nitrogen and oxygen atoms in total. The molecule has 0 saturated heterocycles. The third kappa shape index (κ3) is 165. The van der Waals surface area contributed by atoms with Crippen molar-refractivity contribution in [3.8, 4) is 0 Å². The predicted molar refractivity (Wildman–Crippen MR) is 220 cm³/mol. The van der Waals surface area contributed by atoms with E-state index < -0.39 is 32.3 Å². The Bertz CT molecular complexity index is 333. The van der Waals surface area contributed by atoms with Crippen LogP contribution in [-0.4, -0.2) is 69.3 Å². The predicted octanol–water partition coefficient (Wildman–Crippen LogP) is 14.2. The molecule has 0 aromatic heterocycles. The van der Waals surface area contributed by atoms with Crippen molar-refractivity contribution in [3.63, 3.8) is 0 Å². The first-order chi connectivity index (χ1) is 17.7. The Kier molecular flexibility index (Phi) is 53.4. The molecule has 7 heteroatoms. The van der Waals surface area contributed by atoms with Gasteiger partial charge in [0.15, 0.2) is 0 Å². The van der Waals surface area contributed by atoms with Gasteiger partial charge in [0.25, 0.3) is 0 Å². The fourth-order valence-electron chi connectivity index (χ4n) is 2.57. The maximum absolute atomic E-state index is 3.91. The topological polar surface area (TPSA) is 0 Å². The maximum Gasteiger partial charge on any atom is 4.00 e. The van der Waals surface area contributed by atoms with Crippen LogP contribution in [0.15, 0.2) is 0 Å². The Balaban J connectivity index is -0.0000000697. The third-order valence-electron chi connectivity index (χ3n) is 3.24. The zero-order chi connectivity index (χ0) is 33.6. The molecule has 252 valence electrons. The zero-order valence-electron chi connectivity index (χ0n) is 32.7. The summed E-state index contributed by atoms with van der Waals surface area (Å²) in [6.07, 6.45) is 17.4. The molecule has 0 radical (unpaired) electrons. The van der Waals surface area contributed by atoms with Gasteiger partial charge in [-0.15, -0.1) is 48.1 Å². The molecule has 0 amide bonds. The van der Waals surface area contributed by atoms with Crippen molar-refractivity contribution in [3.05, 3.63) is 26.2 Å². The van der Waals surface area contributed by atoms with E-state index in [1.165, 1.54) is 75.5 Å². The molecule has 0 aliphatic carbocycles. The van der Waals surface area contributed by atoms with Crippen LogP contribution in [0, 0.1) is 26.2 Å². The third-order valence-corrected chi connectivity index (χ3v) is 9.72. The van der Waals surface area contributed by atoms with Gasteiger partial charge >= 0.3 is 25.8 Å². The molecular weight excluding hydrogens is 761 g/mol. The van der Waals surface area contributed by atoms with Crippen LogP contribution in [0.3, 0.4) is 0 Å². The number of hydrogen-bond acceptors (Lipinski definition) is 0. The molecule has 0 bridgehead atoms. The van der Waals surface area contributed by atoms with E-state index in [0.29, 0.717) is 15.8 Å². The van der Waals surface area contributed by atoms with Crippen LogP contribution in [0.5, 0.6) is 0 Å². The first-order valence-electron chi connectivity index (χ1n) is 16.6. The van der Waals surface area contributed by atoms with Crippen molar-refractivity contribution in [1.82, 2.24) is 0 Å². The van der Waals surface area contributed by atoms with E-state index in [-0.39, 0.29) is 25.8 Å². The van der Waals surface area contributed by atoms with E-state index in [9.17, 15) is 0 Å². The summed E-state index contributed by atoms with van der Waals surface area (Å²) in [5.74, 6) is 0. The fourth-order valence-corrected chi connectivity index (χ4v) is 7.70. The molecule has 0 aromatic rings. The second-order valence-corrected chi connectivity index (χ2v) is 41.8. The minimum atomic E-state index is -0.861. The summed E-state index contributed by atoms with van der Waals surface area (Å²) < 4.78 is 0. The molecule has 0 heterocycles. The first kappa shape index (κ1) is 59.1. The number of rotatable bonds is 12. The van der Waals surface area contributed by atoms with Gasteiger partial charge in [-0.2, -0.15) is 0 Å². The van der Waals surface area contributed by atoms with Crippen molar-refractivity contribution in [2.45, 2.75) is 159 Å². The monoisotopic (exact) mass is 848 g/mol. The van der Waals surface area contributed by atoms with E-state index in [2.05, 4.69) is 146 Å². The summed E-state index contributed by atoms with van der Waals surface area (Å²) in [6, 6.07) is 0. The van der Waals surface area contributed by atoms with Crippen molar-refractivity contribution in [1.29, 1.82) is 0 Å². The van der Waals surface area contributed by atoms with Crippen LogP contribution in [-0.2, 0) is 25.8 Å². The van der Waals surface area contributed by atoms with Gasteiger partial charge in [-0.25, -0.2) is 0 Å². The average molecular weight is 848 g/mol. The Morgan fingerprint density at radius 1 is 0.317 bits per heavy atom. The zero-order valence-corrected chi connectivity index (χ0v) is 42.1. The van der Waals surface area contributed by atoms with Gasteiger partial charge in [-0.05, 0) is 37.0 Å². The molecule has 0 aliphatic rings. The van der Waals surface area contributed by atoms with Gasteiger partial charge < -0.3 is 26.2 Å². The molecule has 0 rings (SSSR count). The van der Waals surface area contributed by atoms with Crippen molar-refractivity contribution >= 4 is 48.1 Å². The summed E-state index contributed by atoms with van der Waals surface area (Å²) in [6.45, 7) is 56.1. The van der Waals surface area contributed by atoms with Crippen LogP contribution in [0.1, 0.15) is 80.1 Å². The summed E-state index contributed by atoms with van der Waals surface area (Å²) in [5, 5.41) is 0. The Hall–Kier alpha value is 2.60. The molecule has 41 heavy (non-hydrogen) atoms. The molecule has 0 unspecified atom stereocenters. The van der Waals surface area contributed by atoms with Crippen LogP contribution >= 0.6 is 15.8 Å². The largest absolute Gasteiger partial charge is 4.00 e. The Morgan fingerprint density at radius 3 is 0.439 bits per heavy atom. The minimum absolute atomic E-state index is 0. The normalized spacial score (nSPS) is 11.1. The summed E-state index contributed by atoms with van der Waals surface area (Å²) in [4.78, 5) is 0. The van der Waals surface area contributed by atoms with Crippen LogP contribution in [0.2, 0.25) is 78.6 Å². The Morgan fingerprint density at radius 2 is 0.390 bits per heavy atom. The fraction of sp³-hybridized carbons (Fsp3) is 0.882. The van der Waals surface area contributed by atoms with Gasteiger partial charge in [0.2, 0.25) is 0 Å². The van der Waals surface area contributed by atoms with Gasteiger partial charge in [0, 0.05) is 0 Å². The quantitative estimate of drug-likeness (QED) is 0.104. The minimum Gasteiger partial charge on any atom is -0.342 e. The molecule has 0 aliphatic heterocycles. The van der Waals surface area contributed by atoms with E-state index >= 15 is 0 Å². The van der Waals surface area contributed by atoms with Crippen LogP contribution in [0.25, 0.3) is 0 Å².